The predicted octanol–water partition coefficient (Wildman–Crippen LogP) is 3.18. The summed E-state index contributed by atoms with van der Waals surface area (Å²) in [4.78, 5) is 26.2. The molecule has 0 spiro atoms. The largest absolute Gasteiger partial charge is 0.374 e. The highest BCUT2D eigenvalue weighted by molar-refractivity contribution is 6.07. The third-order valence-corrected chi connectivity index (χ3v) is 4.85. The van der Waals surface area contributed by atoms with Crippen molar-refractivity contribution in [1.82, 2.24) is 5.48 Å². The average molecular weight is 361 g/mol. The number of carbonyl (C=O) groups is 2. The molecule has 1 saturated heterocycles. The Hall–Kier alpha value is -3.38. The lowest BCUT2D eigenvalue weighted by Crippen LogP contribution is -2.33. The summed E-state index contributed by atoms with van der Waals surface area (Å²) in [5.41, 5.74) is 3.63. The minimum absolute atomic E-state index is 0.0310. The molecule has 0 aromatic heterocycles. The summed E-state index contributed by atoms with van der Waals surface area (Å²) in [6.45, 7) is 0.648. The summed E-state index contributed by atoms with van der Waals surface area (Å²) in [7, 11) is 0. The van der Waals surface area contributed by atoms with Crippen molar-refractivity contribution >= 4 is 34.0 Å². The van der Waals surface area contributed by atoms with Crippen molar-refractivity contribution < 1.29 is 14.8 Å². The Labute approximate surface area is 156 Å². The van der Waals surface area contributed by atoms with Crippen LogP contribution in [0.15, 0.2) is 66.7 Å². The van der Waals surface area contributed by atoms with Gasteiger partial charge in [0.05, 0.1) is 5.69 Å². The summed E-state index contributed by atoms with van der Waals surface area (Å²) >= 11 is 0. The fourth-order valence-electron chi connectivity index (χ4n) is 3.48. The molecular weight excluding hydrogens is 342 g/mol. The lowest BCUT2D eigenvalue weighted by Gasteiger charge is -2.19. The van der Waals surface area contributed by atoms with Gasteiger partial charge in [-0.2, -0.15) is 0 Å². The van der Waals surface area contributed by atoms with E-state index in [1.807, 2.05) is 47.4 Å². The maximum Gasteiger partial charge on any atom is 0.274 e. The number of carbonyl (C=O) groups excluding carboxylic acids is 2. The van der Waals surface area contributed by atoms with Crippen LogP contribution in [0.2, 0.25) is 0 Å². The van der Waals surface area contributed by atoms with Crippen LogP contribution in [0.1, 0.15) is 16.8 Å². The van der Waals surface area contributed by atoms with Gasteiger partial charge >= 0.3 is 0 Å². The van der Waals surface area contributed by atoms with Crippen LogP contribution in [-0.2, 0) is 4.79 Å². The lowest BCUT2D eigenvalue weighted by molar-refractivity contribution is -0.117. The van der Waals surface area contributed by atoms with Gasteiger partial charge in [-0.1, -0.05) is 36.4 Å². The number of hydroxylamine groups is 1. The smallest absolute Gasteiger partial charge is 0.274 e. The number of benzene rings is 3. The van der Waals surface area contributed by atoms with Crippen LogP contribution in [0, 0.1) is 0 Å². The molecule has 0 radical (unpaired) electrons. The first-order valence-electron chi connectivity index (χ1n) is 8.77. The number of rotatable bonds is 4. The average Bonchev–Trinajstić information content (AvgIpc) is 3.07. The molecule has 1 aliphatic heterocycles. The first-order valence-corrected chi connectivity index (χ1v) is 8.77. The molecule has 6 nitrogen and oxygen atoms in total. The van der Waals surface area contributed by atoms with E-state index in [1.54, 1.807) is 29.7 Å². The molecule has 27 heavy (non-hydrogen) atoms. The minimum Gasteiger partial charge on any atom is -0.374 e. The molecule has 2 amide bonds. The molecule has 3 N–H and O–H groups in total. The standard InChI is InChI=1S/C21H19N3O3/c25-20(23-27)15-8-10-16(11-9-15)22-18-12-13-24(21(18)26)19-7-3-5-14-4-1-2-6-17(14)19/h1-11,18,22,27H,12-13H2,(H,23,25). The third kappa shape index (κ3) is 3.22. The SMILES string of the molecule is O=C(NO)c1ccc(NC2CCN(c3cccc4ccccc34)C2=O)cc1. The van der Waals surface area contributed by atoms with E-state index in [-0.39, 0.29) is 11.9 Å². The molecule has 0 bridgehead atoms. The maximum absolute atomic E-state index is 12.9. The summed E-state index contributed by atoms with van der Waals surface area (Å²) < 4.78 is 0. The number of hydrogen-bond acceptors (Lipinski definition) is 4. The number of hydrogen-bond donors (Lipinski definition) is 3. The molecule has 3 aromatic carbocycles. The number of nitrogens with one attached hydrogen (secondary N) is 2. The summed E-state index contributed by atoms with van der Waals surface area (Å²) in [5, 5.41) is 14.1. The molecule has 1 heterocycles. The predicted molar refractivity (Wildman–Crippen MR) is 104 cm³/mol. The highest BCUT2D eigenvalue weighted by atomic mass is 16.5. The van der Waals surface area contributed by atoms with Crippen LogP contribution in [-0.4, -0.2) is 29.6 Å². The molecule has 0 saturated carbocycles. The van der Waals surface area contributed by atoms with Crippen LogP contribution in [0.25, 0.3) is 10.8 Å². The van der Waals surface area contributed by atoms with Crippen LogP contribution in [0.3, 0.4) is 0 Å². The first kappa shape index (κ1) is 17.1. The molecule has 1 unspecified atom stereocenters. The molecule has 3 aromatic rings. The zero-order valence-electron chi connectivity index (χ0n) is 14.6. The first-order chi connectivity index (χ1) is 13.2. The van der Waals surface area contributed by atoms with Crippen LogP contribution in [0.5, 0.6) is 0 Å². The zero-order chi connectivity index (χ0) is 18.8. The van der Waals surface area contributed by atoms with Crippen LogP contribution in [0.4, 0.5) is 11.4 Å². The number of amides is 2. The number of nitrogens with zero attached hydrogens (tertiary/aromatic N) is 1. The van der Waals surface area contributed by atoms with Gasteiger partial charge in [-0.15, -0.1) is 0 Å². The van der Waals surface area contributed by atoms with Crippen molar-refractivity contribution in [3.63, 3.8) is 0 Å². The van der Waals surface area contributed by atoms with Gasteiger partial charge in [-0.25, -0.2) is 5.48 Å². The topological polar surface area (TPSA) is 81.7 Å². The van der Waals surface area contributed by atoms with Crippen molar-refractivity contribution in [2.75, 3.05) is 16.8 Å². The number of fused-ring (bicyclic) bond motifs is 1. The fourth-order valence-corrected chi connectivity index (χ4v) is 3.48. The van der Waals surface area contributed by atoms with Gasteiger partial charge in [0, 0.05) is 23.2 Å². The molecule has 0 aliphatic carbocycles. The second-order valence-electron chi connectivity index (χ2n) is 6.49. The van der Waals surface area contributed by atoms with Gasteiger partial charge in [0.15, 0.2) is 0 Å². The highest BCUT2D eigenvalue weighted by Crippen LogP contribution is 2.30. The van der Waals surface area contributed by atoms with E-state index in [1.165, 1.54) is 0 Å². The molecule has 1 atom stereocenters. The van der Waals surface area contributed by atoms with Crippen molar-refractivity contribution in [2.24, 2.45) is 0 Å². The normalized spacial score (nSPS) is 16.6. The molecular formula is C21H19N3O3. The quantitative estimate of drug-likeness (QED) is 0.492. The van der Waals surface area contributed by atoms with Gasteiger partial charge in [0.25, 0.3) is 5.91 Å². The maximum atomic E-state index is 12.9. The van der Waals surface area contributed by atoms with E-state index in [9.17, 15) is 9.59 Å². The van der Waals surface area contributed by atoms with Crippen LogP contribution < -0.4 is 15.7 Å². The van der Waals surface area contributed by atoms with E-state index < -0.39 is 5.91 Å². The van der Waals surface area contributed by atoms with Crippen molar-refractivity contribution in [3.05, 3.63) is 72.3 Å². The third-order valence-electron chi connectivity index (χ3n) is 4.85. The Bertz CT molecular complexity index is 996. The van der Waals surface area contributed by atoms with E-state index in [2.05, 4.69) is 5.32 Å². The van der Waals surface area contributed by atoms with E-state index in [0.717, 1.165) is 22.1 Å². The lowest BCUT2D eigenvalue weighted by atomic mass is 10.1. The van der Waals surface area contributed by atoms with Gasteiger partial charge in [-0.05, 0) is 42.1 Å². The second kappa shape index (κ2) is 7.09. The fraction of sp³-hybridized carbons (Fsp3) is 0.143. The van der Waals surface area contributed by atoms with Gasteiger partial charge in [0.2, 0.25) is 5.91 Å². The number of anilines is 2. The van der Waals surface area contributed by atoms with Crippen LogP contribution >= 0.6 is 0 Å². The summed E-state index contributed by atoms with van der Waals surface area (Å²) in [5.74, 6) is -0.538. The molecule has 6 heteroatoms. The van der Waals surface area contributed by atoms with Gasteiger partial charge in [-0.3, -0.25) is 14.8 Å². The Kier molecular flexibility index (Phi) is 4.48. The zero-order valence-corrected chi connectivity index (χ0v) is 14.6. The minimum atomic E-state index is -0.569. The van der Waals surface area contributed by atoms with Gasteiger partial charge < -0.3 is 10.2 Å². The Balaban J connectivity index is 1.52. The molecule has 136 valence electrons. The highest BCUT2D eigenvalue weighted by Gasteiger charge is 2.33. The second-order valence-corrected chi connectivity index (χ2v) is 6.49. The summed E-state index contributed by atoms with van der Waals surface area (Å²) in [6, 6.07) is 20.3. The Morgan fingerprint density at radius 2 is 1.74 bits per heavy atom. The van der Waals surface area contributed by atoms with E-state index >= 15 is 0 Å². The molecule has 4 rings (SSSR count). The molecule has 1 fully saturated rings. The monoisotopic (exact) mass is 361 g/mol. The Morgan fingerprint density at radius 3 is 2.52 bits per heavy atom. The van der Waals surface area contributed by atoms with Crippen molar-refractivity contribution in [1.29, 1.82) is 0 Å². The van der Waals surface area contributed by atoms with E-state index in [0.29, 0.717) is 18.5 Å². The van der Waals surface area contributed by atoms with E-state index in [4.69, 9.17) is 5.21 Å². The Morgan fingerprint density at radius 1 is 1.00 bits per heavy atom. The summed E-state index contributed by atoms with van der Waals surface area (Å²) in [6.07, 6.45) is 0.695. The van der Waals surface area contributed by atoms with Crippen molar-refractivity contribution in [3.8, 4) is 0 Å². The molecule has 1 aliphatic rings. The van der Waals surface area contributed by atoms with Crippen molar-refractivity contribution in [2.45, 2.75) is 12.5 Å². The van der Waals surface area contributed by atoms with Gasteiger partial charge in [0.1, 0.15) is 6.04 Å².